The SMILES string of the molecule is CCOc1ccc(C2NC(=O)N(c3ccc(CC)cc3)C(C)=C2c2nc(-c3cccc(C)c3)no2)cc1. The van der Waals surface area contributed by atoms with E-state index in [0.29, 0.717) is 18.3 Å². The summed E-state index contributed by atoms with van der Waals surface area (Å²) in [5.74, 6) is 1.64. The molecule has 37 heavy (non-hydrogen) atoms. The lowest BCUT2D eigenvalue weighted by Gasteiger charge is -2.35. The van der Waals surface area contributed by atoms with E-state index in [9.17, 15) is 4.79 Å². The zero-order valence-electron chi connectivity index (χ0n) is 21.5. The highest BCUT2D eigenvalue weighted by molar-refractivity contribution is 6.01. The molecular formula is C30H30N4O3. The second-order valence-electron chi connectivity index (χ2n) is 9.03. The van der Waals surface area contributed by atoms with E-state index in [1.165, 1.54) is 5.56 Å². The van der Waals surface area contributed by atoms with E-state index in [1.807, 2.05) is 93.6 Å². The Hall–Kier alpha value is -4.39. The normalized spacial score (nSPS) is 15.6. The van der Waals surface area contributed by atoms with Crippen molar-refractivity contribution in [3.05, 3.63) is 101 Å². The van der Waals surface area contributed by atoms with E-state index in [1.54, 1.807) is 4.90 Å². The molecule has 0 saturated heterocycles. The van der Waals surface area contributed by atoms with Crippen molar-refractivity contribution < 1.29 is 14.1 Å². The molecular weight excluding hydrogens is 464 g/mol. The molecule has 7 heteroatoms. The molecule has 5 rings (SSSR count). The van der Waals surface area contributed by atoms with E-state index >= 15 is 0 Å². The van der Waals surface area contributed by atoms with Crippen LogP contribution in [0.15, 0.2) is 83.0 Å². The molecule has 1 atom stereocenters. The van der Waals surface area contributed by atoms with Crippen LogP contribution in [0.5, 0.6) is 5.75 Å². The number of rotatable bonds is 7. The molecule has 0 aliphatic carbocycles. The van der Waals surface area contributed by atoms with Crippen molar-refractivity contribution >= 4 is 17.3 Å². The summed E-state index contributed by atoms with van der Waals surface area (Å²) in [7, 11) is 0. The highest BCUT2D eigenvalue weighted by Gasteiger charge is 2.36. The number of hydrogen-bond acceptors (Lipinski definition) is 5. The smallest absolute Gasteiger partial charge is 0.326 e. The van der Waals surface area contributed by atoms with Gasteiger partial charge in [0.05, 0.1) is 23.9 Å². The highest BCUT2D eigenvalue weighted by Crippen LogP contribution is 2.39. The third-order valence-corrected chi connectivity index (χ3v) is 6.54. The minimum Gasteiger partial charge on any atom is -0.494 e. The lowest BCUT2D eigenvalue weighted by molar-refractivity contribution is 0.244. The topological polar surface area (TPSA) is 80.5 Å². The molecule has 0 saturated carbocycles. The van der Waals surface area contributed by atoms with Gasteiger partial charge >= 0.3 is 6.03 Å². The summed E-state index contributed by atoms with van der Waals surface area (Å²) < 4.78 is 11.4. The van der Waals surface area contributed by atoms with Crippen molar-refractivity contribution in [2.45, 2.75) is 40.2 Å². The van der Waals surface area contributed by atoms with Crippen molar-refractivity contribution in [2.24, 2.45) is 0 Å². The van der Waals surface area contributed by atoms with Gasteiger partial charge in [0.2, 0.25) is 5.82 Å². The average molecular weight is 495 g/mol. The van der Waals surface area contributed by atoms with Gasteiger partial charge in [0.1, 0.15) is 5.75 Å². The van der Waals surface area contributed by atoms with Gasteiger partial charge in [0.15, 0.2) is 0 Å². The summed E-state index contributed by atoms with van der Waals surface area (Å²) in [6, 6.07) is 23.0. The van der Waals surface area contributed by atoms with Crippen LogP contribution in [0.4, 0.5) is 10.5 Å². The monoisotopic (exact) mass is 494 g/mol. The molecule has 3 aromatic carbocycles. The maximum Gasteiger partial charge on any atom is 0.326 e. The van der Waals surface area contributed by atoms with E-state index < -0.39 is 6.04 Å². The molecule has 1 N–H and O–H groups in total. The van der Waals surface area contributed by atoms with Crippen molar-refractivity contribution in [1.82, 2.24) is 15.5 Å². The van der Waals surface area contributed by atoms with Crippen molar-refractivity contribution in [3.8, 4) is 17.1 Å². The molecule has 0 bridgehead atoms. The zero-order valence-corrected chi connectivity index (χ0v) is 21.5. The highest BCUT2D eigenvalue weighted by atomic mass is 16.5. The summed E-state index contributed by atoms with van der Waals surface area (Å²) in [5.41, 5.74) is 6.32. The van der Waals surface area contributed by atoms with Gasteiger partial charge in [-0.1, -0.05) is 60.1 Å². The first kappa shape index (κ1) is 24.3. The van der Waals surface area contributed by atoms with E-state index in [-0.39, 0.29) is 6.03 Å². The molecule has 7 nitrogen and oxygen atoms in total. The fourth-order valence-corrected chi connectivity index (χ4v) is 4.62. The Labute approximate surface area is 216 Å². The summed E-state index contributed by atoms with van der Waals surface area (Å²) in [4.78, 5) is 19.9. The second-order valence-corrected chi connectivity index (χ2v) is 9.03. The molecule has 0 radical (unpaired) electrons. The molecule has 188 valence electrons. The first-order valence-corrected chi connectivity index (χ1v) is 12.5. The molecule has 0 spiro atoms. The number of nitrogens with zero attached hydrogens (tertiary/aromatic N) is 3. The molecule has 0 fully saturated rings. The average Bonchev–Trinajstić information content (AvgIpc) is 3.39. The van der Waals surface area contributed by atoms with Crippen molar-refractivity contribution in [1.29, 1.82) is 0 Å². The predicted octanol–water partition coefficient (Wildman–Crippen LogP) is 6.71. The summed E-state index contributed by atoms with van der Waals surface area (Å²) in [6.45, 7) is 8.58. The van der Waals surface area contributed by atoms with Gasteiger partial charge in [0, 0.05) is 11.3 Å². The Morgan fingerprint density at radius 1 is 1.00 bits per heavy atom. The number of carbonyl (C=O) groups excluding carboxylic acids is 1. The fourth-order valence-electron chi connectivity index (χ4n) is 4.62. The van der Waals surface area contributed by atoms with Gasteiger partial charge < -0.3 is 14.6 Å². The molecule has 2 amide bonds. The van der Waals surface area contributed by atoms with Crippen molar-refractivity contribution in [3.63, 3.8) is 0 Å². The van der Waals surface area contributed by atoms with E-state index in [4.69, 9.17) is 14.2 Å². The standard InChI is InChI=1S/C30H30N4O3/c1-5-21-10-14-24(15-11-21)34-20(4)26(29-32-28(33-37-29)23-9-7-8-19(3)18-23)27(31-30(34)35)22-12-16-25(17-13-22)36-6-2/h7-18,27H,5-6H2,1-4H3,(H,31,35). The number of urea groups is 1. The number of amides is 2. The molecule has 1 aromatic heterocycles. The minimum atomic E-state index is -0.472. The summed E-state index contributed by atoms with van der Waals surface area (Å²) in [6.07, 6.45) is 0.927. The number of allylic oxidation sites excluding steroid dienone is 1. The Balaban J connectivity index is 1.61. The molecule has 1 aliphatic heterocycles. The van der Waals surface area contributed by atoms with Gasteiger partial charge in [-0.3, -0.25) is 4.90 Å². The maximum absolute atomic E-state index is 13.4. The van der Waals surface area contributed by atoms with Gasteiger partial charge in [-0.2, -0.15) is 4.98 Å². The van der Waals surface area contributed by atoms with Gasteiger partial charge in [-0.05, 0) is 68.7 Å². The summed E-state index contributed by atoms with van der Waals surface area (Å²) in [5, 5.41) is 7.43. The molecule has 1 aliphatic rings. The zero-order chi connectivity index (χ0) is 25.9. The van der Waals surface area contributed by atoms with Crippen molar-refractivity contribution in [2.75, 3.05) is 11.5 Å². The van der Waals surface area contributed by atoms with Crippen LogP contribution in [0.2, 0.25) is 0 Å². The van der Waals surface area contributed by atoms with Crippen LogP contribution in [0.25, 0.3) is 17.0 Å². The largest absolute Gasteiger partial charge is 0.494 e. The Morgan fingerprint density at radius 2 is 1.76 bits per heavy atom. The number of ether oxygens (including phenoxy) is 1. The first-order valence-electron chi connectivity index (χ1n) is 12.5. The van der Waals surface area contributed by atoms with E-state index in [2.05, 4.69) is 17.4 Å². The lowest BCUT2D eigenvalue weighted by Crippen LogP contribution is -2.46. The third-order valence-electron chi connectivity index (χ3n) is 6.54. The molecule has 2 heterocycles. The van der Waals surface area contributed by atoms with Crippen LogP contribution < -0.4 is 15.0 Å². The van der Waals surface area contributed by atoms with Crippen LogP contribution in [-0.2, 0) is 6.42 Å². The van der Waals surface area contributed by atoms with Gasteiger partial charge in [0.25, 0.3) is 5.89 Å². The number of aryl methyl sites for hydroxylation is 2. The fraction of sp³-hybridized carbons (Fsp3) is 0.233. The lowest BCUT2D eigenvalue weighted by atomic mass is 9.94. The van der Waals surface area contributed by atoms with Crippen LogP contribution in [-0.4, -0.2) is 22.8 Å². The second kappa shape index (κ2) is 10.3. The first-order chi connectivity index (χ1) is 18.0. The van der Waals surface area contributed by atoms with Gasteiger partial charge in [-0.15, -0.1) is 0 Å². The number of benzene rings is 3. The van der Waals surface area contributed by atoms with Gasteiger partial charge in [-0.25, -0.2) is 4.79 Å². The summed E-state index contributed by atoms with van der Waals surface area (Å²) >= 11 is 0. The number of nitrogens with one attached hydrogen (secondary N) is 1. The third kappa shape index (κ3) is 4.85. The Morgan fingerprint density at radius 3 is 2.43 bits per heavy atom. The van der Waals surface area contributed by atoms with Crippen LogP contribution in [0.3, 0.4) is 0 Å². The number of anilines is 1. The number of aromatic nitrogens is 2. The minimum absolute atomic E-state index is 0.220. The van der Waals surface area contributed by atoms with Crippen LogP contribution >= 0.6 is 0 Å². The molecule has 4 aromatic rings. The van der Waals surface area contributed by atoms with E-state index in [0.717, 1.165) is 45.8 Å². The van der Waals surface area contributed by atoms with Crippen LogP contribution in [0, 0.1) is 6.92 Å². The quantitative estimate of drug-likeness (QED) is 0.309. The number of carbonyl (C=O) groups is 1. The Kier molecular flexibility index (Phi) is 6.77. The Bertz CT molecular complexity index is 1440. The number of hydrogen-bond donors (Lipinski definition) is 1. The maximum atomic E-state index is 13.4. The predicted molar refractivity (Wildman–Crippen MR) is 144 cm³/mol. The molecule has 1 unspecified atom stereocenters. The van der Waals surface area contributed by atoms with Crippen LogP contribution in [0.1, 0.15) is 49.4 Å².